The molecule has 0 aliphatic heterocycles. The Morgan fingerprint density at radius 1 is 0.938 bits per heavy atom. The van der Waals surface area contributed by atoms with Gasteiger partial charge in [-0.2, -0.15) is 5.10 Å². The van der Waals surface area contributed by atoms with Crippen molar-refractivity contribution in [3.63, 3.8) is 0 Å². The van der Waals surface area contributed by atoms with Crippen LogP contribution in [0, 0.1) is 6.92 Å². The SMILES string of the molecule is COc1ccc(C(=O)Oc2ccc(C=NNC(=O)c3ccc(C)cc3OC)cc2Cl)cc1. The molecule has 0 heterocycles. The van der Waals surface area contributed by atoms with Crippen molar-refractivity contribution in [2.75, 3.05) is 14.2 Å². The summed E-state index contributed by atoms with van der Waals surface area (Å²) in [5, 5.41) is 4.18. The number of nitrogens with one attached hydrogen (secondary N) is 1. The van der Waals surface area contributed by atoms with Crippen molar-refractivity contribution < 1.29 is 23.8 Å². The summed E-state index contributed by atoms with van der Waals surface area (Å²) in [6.07, 6.45) is 1.43. The number of amides is 1. The number of halogens is 1. The number of ether oxygens (including phenoxy) is 3. The molecule has 0 unspecified atom stereocenters. The third-order valence-electron chi connectivity index (χ3n) is 4.47. The third kappa shape index (κ3) is 5.65. The number of carbonyl (C=O) groups is 2. The lowest BCUT2D eigenvalue weighted by atomic mass is 10.1. The molecular weight excluding hydrogens is 432 g/mol. The molecule has 0 aliphatic rings. The minimum Gasteiger partial charge on any atom is -0.497 e. The van der Waals surface area contributed by atoms with Crippen molar-refractivity contribution in [2.24, 2.45) is 5.10 Å². The minimum absolute atomic E-state index is 0.207. The van der Waals surface area contributed by atoms with E-state index in [2.05, 4.69) is 10.5 Å². The number of benzene rings is 3. The van der Waals surface area contributed by atoms with E-state index < -0.39 is 11.9 Å². The summed E-state index contributed by atoms with van der Waals surface area (Å²) in [5.41, 5.74) is 4.77. The average molecular weight is 453 g/mol. The highest BCUT2D eigenvalue weighted by atomic mass is 35.5. The predicted molar refractivity (Wildman–Crippen MR) is 122 cm³/mol. The Bertz CT molecular complexity index is 1160. The summed E-state index contributed by atoms with van der Waals surface area (Å²) < 4.78 is 15.7. The predicted octanol–water partition coefficient (Wildman–Crippen LogP) is 4.65. The van der Waals surface area contributed by atoms with Gasteiger partial charge in [0.05, 0.1) is 36.6 Å². The standard InChI is InChI=1S/C24H21ClN2O5/c1-15-4-10-19(22(12-15)31-3)23(28)27-26-14-16-5-11-21(20(25)13-16)32-24(29)17-6-8-18(30-2)9-7-17/h4-14H,1-3H3,(H,27,28). The van der Waals surface area contributed by atoms with Gasteiger partial charge in [-0.3, -0.25) is 4.79 Å². The van der Waals surface area contributed by atoms with Gasteiger partial charge in [0.25, 0.3) is 5.91 Å². The molecule has 0 saturated heterocycles. The van der Waals surface area contributed by atoms with Crippen LogP contribution in [-0.4, -0.2) is 32.3 Å². The van der Waals surface area contributed by atoms with Gasteiger partial charge in [-0.25, -0.2) is 10.2 Å². The van der Waals surface area contributed by atoms with Crippen molar-refractivity contribution in [3.8, 4) is 17.2 Å². The van der Waals surface area contributed by atoms with Crippen LogP contribution >= 0.6 is 11.6 Å². The van der Waals surface area contributed by atoms with Crippen LogP contribution in [0.3, 0.4) is 0 Å². The third-order valence-corrected chi connectivity index (χ3v) is 4.76. The lowest BCUT2D eigenvalue weighted by Gasteiger charge is -2.08. The van der Waals surface area contributed by atoms with Gasteiger partial charge in [-0.1, -0.05) is 17.7 Å². The van der Waals surface area contributed by atoms with Gasteiger partial charge in [0.1, 0.15) is 17.2 Å². The molecule has 3 rings (SSSR count). The van der Waals surface area contributed by atoms with Crippen molar-refractivity contribution in [3.05, 3.63) is 87.9 Å². The van der Waals surface area contributed by atoms with Gasteiger partial charge >= 0.3 is 5.97 Å². The quantitative estimate of drug-likeness (QED) is 0.244. The number of aryl methyl sites for hydroxylation is 1. The maximum atomic E-state index is 12.3. The molecule has 0 fully saturated rings. The number of rotatable bonds is 7. The summed E-state index contributed by atoms with van der Waals surface area (Å²) in [6.45, 7) is 1.91. The Labute approximate surface area is 190 Å². The summed E-state index contributed by atoms with van der Waals surface area (Å²) in [7, 11) is 3.04. The van der Waals surface area contributed by atoms with E-state index in [0.29, 0.717) is 28.2 Å². The number of carbonyl (C=O) groups excluding carboxylic acids is 2. The van der Waals surface area contributed by atoms with Crippen LogP contribution in [0.15, 0.2) is 65.8 Å². The van der Waals surface area contributed by atoms with Crippen molar-refractivity contribution in [2.45, 2.75) is 6.92 Å². The van der Waals surface area contributed by atoms with E-state index >= 15 is 0 Å². The molecule has 0 radical (unpaired) electrons. The molecule has 3 aromatic carbocycles. The van der Waals surface area contributed by atoms with E-state index in [1.54, 1.807) is 61.7 Å². The summed E-state index contributed by atoms with van der Waals surface area (Å²) in [4.78, 5) is 24.6. The second-order valence-corrected chi connectivity index (χ2v) is 7.12. The van der Waals surface area contributed by atoms with Crippen molar-refractivity contribution >= 4 is 29.7 Å². The number of hydrogen-bond acceptors (Lipinski definition) is 6. The van der Waals surface area contributed by atoms with Crippen LogP contribution < -0.4 is 19.6 Å². The normalized spacial score (nSPS) is 10.6. The van der Waals surface area contributed by atoms with Gasteiger partial charge in [0.2, 0.25) is 0 Å². The molecule has 1 N–H and O–H groups in total. The van der Waals surface area contributed by atoms with Crippen molar-refractivity contribution in [1.29, 1.82) is 0 Å². The molecule has 7 nitrogen and oxygen atoms in total. The van der Waals surface area contributed by atoms with Crippen LogP contribution in [0.2, 0.25) is 5.02 Å². The van der Waals surface area contributed by atoms with Crippen LogP contribution in [0.5, 0.6) is 17.2 Å². The second kappa shape index (κ2) is 10.5. The molecule has 164 valence electrons. The van der Waals surface area contributed by atoms with Crippen LogP contribution in [0.4, 0.5) is 0 Å². The topological polar surface area (TPSA) is 86.2 Å². The highest BCUT2D eigenvalue weighted by molar-refractivity contribution is 6.32. The van der Waals surface area contributed by atoms with E-state index in [1.807, 2.05) is 13.0 Å². The lowest BCUT2D eigenvalue weighted by Crippen LogP contribution is -2.18. The zero-order chi connectivity index (χ0) is 23.1. The summed E-state index contributed by atoms with van der Waals surface area (Å²) >= 11 is 6.24. The molecule has 0 saturated carbocycles. The molecular formula is C24H21ClN2O5. The monoisotopic (exact) mass is 452 g/mol. The summed E-state index contributed by atoms with van der Waals surface area (Å²) in [6, 6.07) is 16.6. The Morgan fingerprint density at radius 2 is 1.69 bits per heavy atom. The molecule has 0 spiro atoms. The zero-order valence-electron chi connectivity index (χ0n) is 17.7. The first-order valence-corrected chi connectivity index (χ1v) is 9.93. The Kier molecular flexibility index (Phi) is 7.46. The number of hydrogen-bond donors (Lipinski definition) is 1. The molecule has 1 amide bonds. The van der Waals surface area contributed by atoms with E-state index in [4.69, 9.17) is 25.8 Å². The smallest absolute Gasteiger partial charge is 0.343 e. The molecule has 0 bridgehead atoms. The van der Waals surface area contributed by atoms with E-state index in [9.17, 15) is 9.59 Å². The fourth-order valence-electron chi connectivity index (χ4n) is 2.78. The van der Waals surface area contributed by atoms with Gasteiger partial charge in [0.15, 0.2) is 0 Å². The zero-order valence-corrected chi connectivity index (χ0v) is 18.5. The molecule has 32 heavy (non-hydrogen) atoms. The highest BCUT2D eigenvalue weighted by Gasteiger charge is 2.13. The first-order chi connectivity index (χ1) is 15.4. The fourth-order valence-corrected chi connectivity index (χ4v) is 3.01. The highest BCUT2D eigenvalue weighted by Crippen LogP contribution is 2.26. The Morgan fingerprint density at radius 3 is 2.34 bits per heavy atom. The summed E-state index contributed by atoms with van der Waals surface area (Å²) in [5.74, 6) is 0.350. The molecule has 0 atom stereocenters. The average Bonchev–Trinajstić information content (AvgIpc) is 2.80. The number of hydrazone groups is 1. The van der Waals surface area contributed by atoms with Crippen LogP contribution in [-0.2, 0) is 0 Å². The van der Waals surface area contributed by atoms with E-state index in [0.717, 1.165) is 5.56 Å². The van der Waals surface area contributed by atoms with Gasteiger partial charge in [-0.15, -0.1) is 0 Å². The molecule has 0 aromatic heterocycles. The lowest BCUT2D eigenvalue weighted by molar-refractivity contribution is 0.0734. The maximum absolute atomic E-state index is 12.3. The van der Waals surface area contributed by atoms with Crippen LogP contribution in [0.25, 0.3) is 0 Å². The fraction of sp³-hybridized carbons (Fsp3) is 0.125. The number of methoxy groups -OCH3 is 2. The van der Waals surface area contributed by atoms with Gasteiger partial charge < -0.3 is 14.2 Å². The Hall–Kier alpha value is -3.84. The van der Waals surface area contributed by atoms with E-state index in [1.165, 1.54) is 13.3 Å². The van der Waals surface area contributed by atoms with Gasteiger partial charge in [0, 0.05) is 0 Å². The van der Waals surface area contributed by atoms with Gasteiger partial charge in [-0.05, 0) is 72.6 Å². The number of esters is 1. The first kappa shape index (κ1) is 22.8. The van der Waals surface area contributed by atoms with E-state index in [-0.39, 0.29) is 10.8 Å². The largest absolute Gasteiger partial charge is 0.497 e. The molecule has 3 aromatic rings. The maximum Gasteiger partial charge on any atom is 0.343 e. The molecule has 8 heteroatoms. The Balaban J connectivity index is 1.64. The van der Waals surface area contributed by atoms with Crippen molar-refractivity contribution in [1.82, 2.24) is 5.43 Å². The minimum atomic E-state index is -0.546. The van der Waals surface area contributed by atoms with Crippen LogP contribution in [0.1, 0.15) is 31.8 Å². The first-order valence-electron chi connectivity index (χ1n) is 9.55. The number of nitrogens with zero attached hydrogens (tertiary/aromatic N) is 1. The second-order valence-electron chi connectivity index (χ2n) is 6.71. The molecule has 0 aliphatic carbocycles.